The molecule has 17 heteroatoms. The molecule has 0 aliphatic carbocycles. The van der Waals surface area contributed by atoms with Gasteiger partial charge < -0.3 is 51.3 Å². The maximum Gasteiger partial charge on any atom is 0.407 e. The lowest BCUT2D eigenvalue weighted by atomic mass is 9.92. The lowest BCUT2D eigenvalue weighted by molar-refractivity contribution is -0.150. The van der Waals surface area contributed by atoms with Crippen LogP contribution in [0.15, 0.2) is 102 Å². The Hall–Kier alpha value is -7.07. The Morgan fingerprint density at radius 2 is 1.20 bits per heavy atom. The number of amides is 4. The third kappa shape index (κ3) is 19.0. The number of guanidine groups is 1. The van der Waals surface area contributed by atoms with Gasteiger partial charge in [0, 0.05) is 41.9 Å². The van der Waals surface area contributed by atoms with Crippen LogP contribution >= 0.6 is 11.6 Å². The summed E-state index contributed by atoms with van der Waals surface area (Å²) in [6.45, 7) is 13.9. The Morgan fingerprint density at radius 3 is 1.80 bits per heavy atom. The molecule has 0 bridgehead atoms. The summed E-state index contributed by atoms with van der Waals surface area (Å²) in [6.07, 6.45) is 1.96. The molecule has 0 saturated carbocycles. The summed E-state index contributed by atoms with van der Waals surface area (Å²) in [7, 11) is 1.54. The van der Waals surface area contributed by atoms with Crippen molar-refractivity contribution in [3.63, 3.8) is 0 Å². The monoisotopic (exact) mass is 1050 g/mol. The number of benzene rings is 5. The molecule has 5 rings (SSSR count). The molecule has 3 atom stereocenters. The number of ether oxygens (including phenoxy) is 4. The number of nitrogens with zero attached hydrogens (tertiary/aromatic N) is 1. The van der Waals surface area contributed by atoms with E-state index in [1.165, 1.54) is 7.05 Å². The maximum atomic E-state index is 14.5. The van der Waals surface area contributed by atoms with Gasteiger partial charge in [-0.1, -0.05) is 118 Å². The third-order valence-electron chi connectivity index (χ3n) is 12.1. The highest BCUT2D eigenvalue weighted by atomic mass is 35.5. The van der Waals surface area contributed by atoms with Crippen LogP contribution in [0.2, 0.25) is 5.02 Å². The molecule has 0 aromatic heterocycles. The molecule has 0 saturated heterocycles. The summed E-state index contributed by atoms with van der Waals surface area (Å²) >= 11 is 6.33. The summed E-state index contributed by atoms with van der Waals surface area (Å²) in [4.78, 5) is 72.9. The van der Waals surface area contributed by atoms with Gasteiger partial charge in [-0.15, -0.1) is 0 Å². The fraction of sp³-hybridized carbons (Fsp3) is 0.448. The van der Waals surface area contributed by atoms with Crippen molar-refractivity contribution < 1.29 is 42.9 Å². The van der Waals surface area contributed by atoms with Crippen LogP contribution in [0.5, 0.6) is 11.5 Å². The van der Waals surface area contributed by atoms with Crippen LogP contribution in [0.25, 0.3) is 32.7 Å². The number of nitrogens with two attached hydrogens (primary N) is 1. The van der Waals surface area contributed by atoms with Crippen LogP contribution < -0.4 is 41.8 Å². The van der Waals surface area contributed by atoms with Crippen molar-refractivity contribution in [2.45, 2.75) is 124 Å². The molecule has 404 valence electrons. The highest BCUT2D eigenvalue weighted by molar-refractivity contribution is 6.31. The second-order valence-corrected chi connectivity index (χ2v) is 20.7. The molecule has 0 aliphatic rings. The van der Waals surface area contributed by atoms with Crippen LogP contribution in [0.1, 0.15) is 99.0 Å². The highest BCUT2D eigenvalue weighted by Gasteiger charge is 2.31. The Labute approximate surface area is 446 Å². The predicted molar refractivity (Wildman–Crippen MR) is 297 cm³/mol. The summed E-state index contributed by atoms with van der Waals surface area (Å²) < 4.78 is 24.0. The first-order valence-corrected chi connectivity index (χ1v) is 26.2. The molecule has 7 N–H and O–H groups in total. The van der Waals surface area contributed by atoms with Gasteiger partial charge in [0.1, 0.15) is 41.8 Å². The number of rotatable bonds is 27. The SMILES string of the molecule is CN=C(N)NCCC[C@@H](NC(=O)[C@@H](CCCCNC(=O)OC(C)(C)C)NC(=O)COc1ccc2ccccc2c1-c1c(OCCC(C)C)ccc2ccccc12)C(=O)N[C@@H](CC(C)C)C(=O)OCc1ccccc1Cl. The first-order valence-electron chi connectivity index (χ1n) is 25.9. The van der Waals surface area contributed by atoms with Gasteiger partial charge >= 0.3 is 12.1 Å². The van der Waals surface area contributed by atoms with Crippen molar-refractivity contribution in [1.82, 2.24) is 26.6 Å². The minimum atomic E-state index is -1.16. The number of fused-ring (bicyclic) bond motifs is 2. The van der Waals surface area contributed by atoms with Gasteiger partial charge in [-0.25, -0.2) is 9.59 Å². The average molecular weight is 1050 g/mol. The molecular formula is C58H76ClN7O9. The van der Waals surface area contributed by atoms with Crippen molar-refractivity contribution >= 4 is 68.9 Å². The van der Waals surface area contributed by atoms with Crippen LogP contribution in [0.4, 0.5) is 4.79 Å². The first kappa shape index (κ1) is 58.8. The van der Waals surface area contributed by atoms with Crippen molar-refractivity contribution in [3.8, 4) is 22.6 Å². The summed E-state index contributed by atoms with van der Waals surface area (Å²) in [5.41, 5.74) is 7.37. The Kier molecular flexibility index (Phi) is 22.8. The number of hydrogen-bond acceptors (Lipinski definition) is 10. The van der Waals surface area contributed by atoms with Gasteiger partial charge in [0.15, 0.2) is 12.6 Å². The van der Waals surface area contributed by atoms with Crippen molar-refractivity contribution in [3.05, 3.63) is 108 Å². The van der Waals surface area contributed by atoms with Crippen LogP contribution in [-0.4, -0.2) is 92.8 Å². The van der Waals surface area contributed by atoms with E-state index in [0.29, 0.717) is 60.4 Å². The van der Waals surface area contributed by atoms with Gasteiger partial charge in [-0.05, 0) is 117 Å². The number of carbonyl (C=O) groups excluding carboxylic acids is 5. The van der Waals surface area contributed by atoms with Crippen LogP contribution in [-0.2, 0) is 35.3 Å². The van der Waals surface area contributed by atoms with Gasteiger partial charge in [0.05, 0.1) is 6.61 Å². The number of hydrogen-bond donors (Lipinski definition) is 6. The molecule has 0 unspecified atom stereocenters. The van der Waals surface area contributed by atoms with Crippen LogP contribution in [0, 0.1) is 11.8 Å². The Bertz CT molecular complexity index is 2740. The number of alkyl carbamates (subject to hydrolysis) is 1. The normalized spacial score (nSPS) is 12.9. The van der Waals surface area contributed by atoms with E-state index < -0.39 is 60.1 Å². The van der Waals surface area contributed by atoms with Gasteiger partial charge in [-0.3, -0.25) is 19.4 Å². The molecule has 0 radical (unpaired) electrons. The molecule has 0 heterocycles. The third-order valence-corrected chi connectivity index (χ3v) is 12.4. The smallest absolute Gasteiger partial charge is 0.407 e. The lowest BCUT2D eigenvalue weighted by Crippen LogP contribution is -2.56. The maximum absolute atomic E-state index is 14.5. The fourth-order valence-electron chi connectivity index (χ4n) is 8.26. The first-order chi connectivity index (χ1) is 35.8. The van der Waals surface area contributed by atoms with Crippen molar-refractivity contribution in [2.75, 3.05) is 33.4 Å². The molecule has 5 aromatic carbocycles. The molecule has 0 aliphatic heterocycles. The highest BCUT2D eigenvalue weighted by Crippen LogP contribution is 2.45. The Balaban J connectivity index is 1.41. The zero-order valence-corrected chi connectivity index (χ0v) is 45.4. The fourth-order valence-corrected chi connectivity index (χ4v) is 8.45. The number of esters is 1. The summed E-state index contributed by atoms with van der Waals surface area (Å²) in [5.74, 6) is -0.796. The molecule has 0 spiro atoms. The van der Waals surface area contributed by atoms with E-state index in [1.807, 2.05) is 86.6 Å². The summed E-state index contributed by atoms with van der Waals surface area (Å²) in [5, 5.41) is 18.5. The van der Waals surface area contributed by atoms with Crippen molar-refractivity contribution in [1.29, 1.82) is 0 Å². The molecule has 0 fully saturated rings. The molecule has 75 heavy (non-hydrogen) atoms. The van der Waals surface area contributed by atoms with Gasteiger partial charge in [-0.2, -0.15) is 0 Å². The number of unbranched alkanes of at least 4 members (excludes halogenated alkanes) is 1. The van der Waals surface area contributed by atoms with Crippen LogP contribution in [0.3, 0.4) is 0 Å². The molecular weight excluding hydrogens is 974 g/mol. The van der Waals surface area contributed by atoms with E-state index in [2.05, 4.69) is 45.4 Å². The average Bonchev–Trinajstić information content (AvgIpc) is 3.36. The number of aliphatic imine (C=N–C) groups is 1. The van der Waals surface area contributed by atoms with Gasteiger partial charge in [0.25, 0.3) is 5.91 Å². The Morgan fingerprint density at radius 1 is 0.640 bits per heavy atom. The van der Waals surface area contributed by atoms with E-state index in [9.17, 15) is 24.0 Å². The number of halogens is 1. The number of nitrogens with one attached hydrogen (secondary N) is 5. The quantitative estimate of drug-likeness (QED) is 0.0126. The number of carbonyl (C=O) groups is 5. The van der Waals surface area contributed by atoms with E-state index in [0.717, 1.165) is 39.1 Å². The minimum Gasteiger partial charge on any atom is -0.493 e. The van der Waals surface area contributed by atoms with E-state index in [-0.39, 0.29) is 44.3 Å². The molecule has 5 aromatic rings. The van der Waals surface area contributed by atoms with E-state index in [1.54, 1.807) is 45.0 Å². The van der Waals surface area contributed by atoms with E-state index >= 15 is 0 Å². The predicted octanol–water partition coefficient (Wildman–Crippen LogP) is 9.37. The summed E-state index contributed by atoms with van der Waals surface area (Å²) in [6, 6.07) is 27.4. The second kappa shape index (κ2) is 29.1. The standard InChI is InChI=1S/C58H76ClN7O9/c1-37(2)30-33-72-48-28-26-39-18-9-12-21-42(39)51(48)52-43-22-13-10-19-40(43)27-29-49(52)73-36-50(67)64-45(24-15-16-31-63-57(71)75-58(5,6)7)53(68)65-46(25-17-32-62-56(60)61-8)54(69)66-47(34-38(3)4)55(70)74-35-41-20-11-14-23-44(41)59/h9-14,18-23,26-29,37-38,45-47H,15-17,24-25,30-36H2,1-8H3,(H,63,71)(H,64,67)(H,65,68)(H,66,69)(H3,60,61,62)/t45-,46-,47+/m1/s1. The zero-order valence-electron chi connectivity index (χ0n) is 44.7. The van der Waals surface area contributed by atoms with Gasteiger partial charge in [0.2, 0.25) is 11.8 Å². The van der Waals surface area contributed by atoms with E-state index in [4.69, 9.17) is 36.3 Å². The zero-order chi connectivity index (χ0) is 54.5. The lowest BCUT2D eigenvalue weighted by Gasteiger charge is -2.26. The minimum absolute atomic E-state index is 0.0221. The molecule has 4 amide bonds. The largest absolute Gasteiger partial charge is 0.493 e. The second-order valence-electron chi connectivity index (χ2n) is 20.3. The van der Waals surface area contributed by atoms with Crippen molar-refractivity contribution in [2.24, 2.45) is 22.6 Å². The topological polar surface area (TPSA) is 221 Å². The molecule has 16 nitrogen and oxygen atoms in total.